The lowest BCUT2D eigenvalue weighted by Crippen LogP contribution is -2.50. The highest BCUT2D eigenvalue weighted by atomic mass is 16.2. The lowest BCUT2D eigenvalue weighted by Gasteiger charge is -2.38. The first-order valence-corrected chi connectivity index (χ1v) is 15.3. The van der Waals surface area contributed by atoms with Gasteiger partial charge in [0.25, 0.3) is 5.91 Å². The van der Waals surface area contributed by atoms with Crippen molar-refractivity contribution < 1.29 is 14.4 Å². The van der Waals surface area contributed by atoms with Gasteiger partial charge in [0.2, 0.25) is 11.8 Å². The van der Waals surface area contributed by atoms with Crippen molar-refractivity contribution in [3.63, 3.8) is 0 Å². The summed E-state index contributed by atoms with van der Waals surface area (Å²) in [5.74, 6) is -0.0127. The molecular formula is C35H42N4O3. The van der Waals surface area contributed by atoms with E-state index in [1.165, 1.54) is 0 Å². The lowest BCUT2D eigenvalue weighted by molar-refractivity contribution is -0.133. The maximum atomic E-state index is 13.9. The fourth-order valence-corrected chi connectivity index (χ4v) is 6.25. The molecule has 0 bridgehead atoms. The van der Waals surface area contributed by atoms with Crippen LogP contribution in [0, 0.1) is 5.92 Å². The van der Waals surface area contributed by atoms with Gasteiger partial charge in [-0.15, -0.1) is 0 Å². The molecule has 0 radical (unpaired) electrons. The molecule has 7 heteroatoms. The van der Waals surface area contributed by atoms with Gasteiger partial charge in [0.15, 0.2) is 0 Å². The Balaban J connectivity index is 1.34. The van der Waals surface area contributed by atoms with Crippen molar-refractivity contribution in [1.29, 1.82) is 0 Å². The van der Waals surface area contributed by atoms with Crippen LogP contribution in [0.15, 0.2) is 78.9 Å². The highest BCUT2D eigenvalue weighted by molar-refractivity contribution is 6.02. The predicted molar refractivity (Wildman–Crippen MR) is 168 cm³/mol. The van der Waals surface area contributed by atoms with Crippen LogP contribution >= 0.6 is 0 Å². The Kier molecular flexibility index (Phi) is 9.57. The number of carbonyl (C=O) groups excluding carboxylic acids is 3. The molecular weight excluding hydrogens is 524 g/mol. The maximum absolute atomic E-state index is 13.9. The Labute approximate surface area is 249 Å². The highest BCUT2D eigenvalue weighted by Gasteiger charge is 2.30. The zero-order chi connectivity index (χ0) is 29.5. The molecule has 2 fully saturated rings. The number of rotatable bonds is 9. The molecule has 1 heterocycles. The molecule has 1 atom stereocenters. The summed E-state index contributed by atoms with van der Waals surface area (Å²) in [5.41, 5.74) is 4.15. The van der Waals surface area contributed by atoms with Crippen LogP contribution in [0.25, 0.3) is 0 Å². The zero-order valence-corrected chi connectivity index (χ0v) is 24.8. The standard InChI is InChI=1S/C35H42N4O3/c1-3-30(27-14-8-5-9-15-27)35(42)39-22-20-38(21-23-39)32-19-18-29(36-33(40)28-16-10-11-17-28)24-31(32)34(41)37(2)25-26-12-6-4-7-13-26/h4-9,12-15,18-19,24,28,30H,3,10-11,16-17,20-23,25H2,1-2H3,(H,36,40). The van der Waals surface area contributed by atoms with Gasteiger partial charge in [0.1, 0.15) is 0 Å². The average molecular weight is 567 g/mol. The minimum absolute atomic E-state index is 0.0345. The fraction of sp³-hybridized carbons (Fsp3) is 0.400. The van der Waals surface area contributed by atoms with E-state index < -0.39 is 0 Å². The Morgan fingerprint density at radius 1 is 0.881 bits per heavy atom. The van der Waals surface area contributed by atoms with E-state index in [1.54, 1.807) is 4.90 Å². The first kappa shape index (κ1) is 29.4. The Morgan fingerprint density at radius 2 is 1.52 bits per heavy atom. The molecule has 2 aliphatic rings. The minimum atomic E-state index is -0.149. The van der Waals surface area contributed by atoms with Crippen LogP contribution in [0.5, 0.6) is 0 Å². The molecule has 1 aliphatic heterocycles. The van der Waals surface area contributed by atoms with Crippen LogP contribution in [0.2, 0.25) is 0 Å². The van der Waals surface area contributed by atoms with E-state index in [-0.39, 0.29) is 29.6 Å². The summed E-state index contributed by atoms with van der Waals surface area (Å²) in [5, 5.41) is 3.07. The van der Waals surface area contributed by atoms with Crippen molar-refractivity contribution in [2.75, 3.05) is 43.4 Å². The second kappa shape index (κ2) is 13.7. The monoisotopic (exact) mass is 566 g/mol. The molecule has 1 saturated heterocycles. The van der Waals surface area contributed by atoms with Crippen molar-refractivity contribution in [1.82, 2.24) is 9.80 Å². The number of nitrogens with one attached hydrogen (secondary N) is 1. The normalized spacial score (nSPS) is 16.2. The SMILES string of the molecule is CCC(C(=O)N1CCN(c2ccc(NC(=O)C3CCCC3)cc2C(=O)N(C)Cc2ccccc2)CC1)c1ccccc1. The first-order valence-electron chi connectivity index (χ1n) is 15.3. The van der Waals surface area contributed by atoms with Crippen LogP contribution in [0.3, 0.4) is 0 Å². The van der Waals surface area contributed by atoms with Crippen molar-refractivity contribution in [2.24, 2.45) is 5.92 Å². The van der Waals surface area contributed by atoms with Crippen molar-refractivity contribution in [3.8, 4) is 0 Å². The molecule has 5 rings (SSSR count). The molecule has 3 aromatic rings. The summed E-state index contributed by atoms with van der Waals surface area (Å²) in [6.07, 6.45) is 4.76. The molecule has 3 aromatic carbocycles. The molecule has 1 N–H and O–H groups in total. The molecule has 3 amide bonds. The molecule has 0 spiro atoms. The van der Waals surface area contributed by atoms with E-state index in [1.807, 2.05) is 90.8 Å². The molecule has 1 aliphatic carbocycles. The van der Waals surface area contributed by atoms with Gasteiger partial charge < -0.3 is 20.0 Å². The second-order valence-corrected chi connectivity index (χ2v) is 11.5. The van der Waals surface area contributed by atoms with E-state index in [0.29, 0.717) is 44.0 Å². The number of carbonyl (C=O) groups is 3. The number of amides is 3. The topological polar surface area (TPSA) is 73.0 Å². The summed E-state index contributed by atoms with van der Waals surface area (Å²) in [6.45, 7) is 4.99. The third-order valence-electron chi connectivity index (χ3n) is 8.67. The average Bonchev–Trinajstić information content (AvgIpc) is 3.58. The number of anilines is 2. The number of piperazine rings is 1. The Hall–Kier alpha value is -4.13. The number of benzene rings is 3. The van der Waals surface area contributed by atoms with Crippen molar-refractivity contribution >= 4 is 29.1 Å². The zero-order valence-electron chi connectivity index (χ0n) is 24.8. The number of hydrogen-bond acceptors (Lipinski definition) is 4. The maximum Gasteiger partial charge on any atom is 0.256 e. The van der Waals surface area contributed by atoms with Gasteiger partial charge in [0.05, 0.1) is 11.5 Å². The minimum Gasteiger partial charge on any atom is -0.367 e. The lowest BCUT2D eigenvalue weighted by atomic mass is 9.94. The smallest absolute Gasteiger partial charge is 0.256 e. The predicted octanol–water partition coefficient (Wildman–Crippen LogP) is 5.93. The Bertz CT molecular complexity index is 1360. The van der Waals surface area contributed by atoms with Crippen LogP contribution in [0.4, 0.5) is 11.4 Å². The fourth-order valence-electron chi connectivity index (χ4n) is 6.25. The van der Waals surface area contributed by atoms with E-state index >= 15 is 0 Å². The van der Waals surface area contributed by atoms with Gasteiger partial charge >= 0.3 is 0 Å². The first-order chi connectivity index (χ1) is 20.4. The summed E-state index contributed by atoms with van der Waals surface area (Å²) in [7, 11) is 1.81. The van der Waals surface area contributed by atoms with Crippen LogP contribution < -0.4 is 10.2 Å². The van der Waals surface area contributed by atoms with E-state index in [2.05, 4.69) is 17.1 Å². The molecule has 1 unspecified atom stereocenters. The summed E-state index contributed by atoms with van der Waals surface area (Å²) >= 11 is 0. The molecule has 1 saturated carbocycles. The van der Waals surface area contributed by atoms with Crippen LogP contribution in [0.1, 0.15) is 66.4 Å². The summed E-state index contributed by atoms with van der Waals surface area (Å²) in [6, 6.07) is 25.6. The van der Waals surface area contributed by atoms with E-state index in [9.17, 15) is 14.4 Å². The second-order valence-electron chi connectivity index (χ2n) is 11.5. The van der Waals surface area contributed by atoms with Crippen LogP contribution in [-0.4, -0.2) is 60.7 Å². The van der Waals surface area contributed by atoms with E-state index in [4.69, 9.17) is 0 Å². The van der Waals surface area contributed by atoms with Crippen LogP contribution in [-0.2, 0) is 16.1 Å². The van der Waals surface area contributed by atoms with Crippen molar-refractivity contribution in [2.45, 2.75) is 51.5 Å². The third-order valence-corrected chi connectivity index (χ3v) is 8.67. The third kappa shape index (κ3) is 6.84. The molecule has 42 heavy (non-hydrogen) atoms. The number of hydrogen-bond donors (Lipinski definition) is 1. The van der Waals surface area contributed by atoms with Gasteiger partial charge in [-0.3, -0.25) is 14.4 Å². The molecule has 220 valence electrons. The quantitative estimate of drug-likeness (QED) is 0.349. The summed E-state index contributed by atoms with van der Waals surface area (Å²) in [4.78, 5) is 46.1. The highest BCUT2D eigenvalue weighted by Crippen LogP contribution is 2.30. The number of nitrogens with zero attached hydrogens (tertiary/aromatic N) is 3. The van der Waals surface area contributed by atoms with Gasteiger partial charge in [-0.2, -0.15) is 0 Å². The van der Waals surface area contributed by atoms with Gasteiger partial charge in [-0.1, -0.05) is 80.4 Å². The largest absolute Gasteiger partial charge is 0.367 e. The van der Waals surface area contributed by atoms with Gasteiger partial charge in [-0.05, 0) is 48.6 Å². The van der Waals surface area contributed by atoms with E-state index in [0.717, 1.165) is 48.9 Å². The van der Waals surface area contributed by atoms with Crippen molar-refractivity contribution in [3.05, 3.63) is 95.6 Å². The molecule has 7 nitrogen and oxygen atoms in total. The summed E-state index contributed by atoms with van der Waals surface area (Å²) < 4.78 is 0. The Morgan fingerprint density at radius 3 is 2.17 bits per heavy atom. The van der Waals surface area contributed by atoms with Gasteiger partial charge in [-0.25, -0.2) is 0 Å². The van der Waals surface area contributed by atoms with Gasteiger partial charge in [0, 0.05) is 57.1 Å². The molecule has 0 aromatic heterocycles.